The van der Waals surface area contributed by atoms with Crippen molar-refractivity contribution < 1.29 is 8.42 Å². The minimum atomic E-state index is -3.79. The van der Waals surface area contributed by atoms with E-state index in [2.05, 4.69) is 14.8 Å². The monoisotopic (exact) mass is 375 g/mol. The van der Waals surface area contributed by atoms with Gasteiger partial charge in [-0.2, -0.15) is 10.4 Å². The molecular weight excluding hydrogens is 362 g/mol. The molecule has 0 saturated heterocycles. The highest BCUT2D eigenvalue weighted by molar-refractivity contribution is 7.92. The standard InChI is InChI=1S/C16H14ClN5O2S/c17-13-3-4-14(16-15(13)11(5-18)6-19-16)21-25(23,24)12-7-20-22(9-12)8-10-1-2-10/h3-4,6-7,9-10,19,21H,1-2,8H2. The van der Waals surface area contributed by atoms with E-state index >= 15 is 0 Å². The molecule has 7 nitrogen and oxygen atoms in total. The summed E-state index contributed by atoms with van der Waals surface area (Å²) in [6, 6.07) is 5.16. The number of halogens is 1. The van der Waals surface area contributed by atoms with Gasteiger partial charge in [-0.15, -0.1) is 0 Å². The molecule has 128 valence electrons. The molecule has 9 heteroatoms. The summed E-state index contributed by atoms with van der Waals surface area (Å²) in [4.78, 5) is 3.01. The number of nitriles is 1. The fourth-order valence-corrected chi connectivity index (χ4v) is 4.02. The summed E-state index contributed by atoms with van der Waals surface area (Å²) >= 11 is 6.14. The molecule has 0 spiro atoms. The van der Waals surface area contributed by atoms with E-state index < -0.39 is 10.0 Å². The molecule has 3 aromatic rings. The number of hydrogen-bond acceptors (Lipinski definition) is 4. The van der Waals surface area contributed by atoms with Gasteiger partial charge in [0.15, 0.2) is 0 Å². The maximum Gasteiger partial charge on any atom is 0.265 e. The lowest BCUT2D eigenvalue weighted by Crippen LogP contribution is -2.12. The molecule has 0 bridgehead atoms. The number of rotatable bonds is 5. The van der Waals surface area contributed by atoms with Crippen molar-refractivity contribution in [1.82, 2.24) is 14.8 Å². The van der Waals surface area contributed by atoms with Gasteiger partial charge in [-0.1, -0.05) is 11.6 Å². The zero-order valence-corrected chi connectivity index (χ0v) is 14.6. The van der Waals surface area contributed by atoms with Crippen LogP contribution in [-0.4, -0.2) is 23.2 Å². The number of hydrogen-bond donors (Lipinski definition) is 2. The third-order valence-corrected chi connectivity index (χ3v) is 5.85. The number of benzene rings is 1. The second-order valence-corrected chi connectivity index (χ2v) is 8.20. The van der Waals surface area contributed by atoms with Crippen molar-refractivity contribution in [1.29, 1.82) is 5.26 Å². The van der Waals surface area contributed by atoms with Gasteiger partial charge in [0.05, 0.1) is 28.0 Å². The molecule has 2 aromatic heterocycles. The van der Waals surface area contributed by atoms with E-state index in [9.17, 15) is 8.42 Å². The van der Waals surface area contributed by atoms with Gasteiger partial charge >= 0.3 is 0 Å². The van der Waals surface area contributed by atoms with Crippen LogP contribution in [0.15, 0.2) is 35.6 Å². The summed E-state index contributed by atoms with van der Waals surface area (Å²) < 4.78 is 29.5. The average Bonchev–Trinajstić information content (AvgIpc) is 3.09. The molecule has 0 amide bonds. The van der Waals surface area contributed by atoms with Crippen LogP contribution in [0.25, 0.3) is 10.9 Å². The van der Waals surface area contributed by atoms with Gasteiger partial charge in [0.1, 0.15) is 11.0 Å². The quantitative estimate of drug-likeness (QED) is 0.714. The van der Waals surface area contributed by atoms with Gasteiger partial charge in [0, 0.05) is 24.3 Å². The van der Waals surface area contributed by atoms with E-state index in [0.717, 1.165) is 19.4 Å². The van der Waals surface area contributed by atoms with Gasteiger partial charge in [-0.25, -0.2) is 8.42 Å². The summed E-state index contributed by atoms with van der Waals surface area (Å²) in [7, 11) is -3.79. The van der Waals surface area contributed by atoms with E-state index in [0.29, 0.717) is 33.1 Å². The van der Waals surface area contributed by atoms with Crippen molar-refractivity contribution in [3.63, 3.8) is 0 Å². The Morgan fingerprint density at radius 2 is 2.24 bits per heavy atom. The second-order valence-electron chi connectivity index (χ2n) is 6.11. The van der Waals surface area contributed by atoms with E-state index in [1.165, 1.54) is 18.6 Å². The van der Waals surface area contributed by atoms with E-state index in [1.54, 1.807) is 16.8 Å². The van der Waals surface area contributed by atoms with Crippen LogP contribution >= 0.6 is 11.6 Å². The largest absolute Gasteiger partial charge is 0.358 e. The first-order chi connectivity index (χ1) is 12.0. The molecule has 1 aliphatic rings. The summed E-state index contributed by atoms with van der Waals surface area (Å²) in [5, 5.41) is 14.2. The zero-order valence-electron chi connectivity index (χ0n) is 13.0. The van der Waals surface area contributed by atoms with Crippen molar-refractivity contribution in [3.8, 4) is 6.07 Å². The first kappa shape index (κ1) is 16.0. The van der Waals surface area contributed by atoms with E-state index in [-0.39, 0.29) is 4.90 Å². The number of nitrogens with one attached hydrogen (secondary N) is 2. The molecule has 1 saturated carbocycles. The molecule has 2 heterocycles. The zero-order chi connectivity index (χ0) is 17.6. The van der Waals surface area contributed by atoms with E-state index in [4.69, 9.17) is 16.9 Å². The third kappa shape index (κ3) is 2.97. The summed E-state index contributed by atoms with van der Waals surface area (Å²) in [6.45, 7) is 0.739. The molecule has 0 aliphatic heterocycles. The lowest BCUT2D eigenvalue weighted by atomic mass is 10.1. The lowest BCUT2D eigenvalue weighted by molar-refractivity contribution is 0.561. The van der Waals surface area contributed by atoms with Gasteiger partial charge in [-0.3, -0.25) is 9.40 Å². The predicted molar refractivity (Wildman–Crippen MR) is 93.8 cm³/mol. The van der Waals surface area contributed by atoms with Crippen LogP contribution in [0.1, 0.15) is 18.4 Å². The third-order valence-electron chi connectivity index (χ3n) is 4.21. The van der Waals surface area contributed by atoms with E-state index in [1.807, 2.05) is 6.07 Å². The van der Waals surface area contributed by atoms with Gasteiger partial charge in [0.2, 0.25) is 0 Å². The topological polar surface area (TPSA) is 104 Å². The number of aromatic nitrogens is 3. The van der Waals surface area contributed by atoms with Crippen molar-refractivity contribution in [2.45, 2.75) is 24.3 Å². The first-order valence-corrected chi connectivity index (χ1v) is 9.59. The van der Waals surface area contributed by atoms with Crippen LogP contribution in [0.5, 0.6) is 0 Å². The summed E-state index contributed by atoms with van der Waals surface area (Å²) in [5.41, 5.74) is 1.16. The maximum absolute atomic E-state index is 12.6. The Morgan fingerprint density at radius 3 is 2.96 bits per heavy atom. The highest BCUT2D eigenvalue weighted by Crippen LogP contribution is 2.33. The molecule has 25 heavy (non-hydrogen) atoms. The number of nitrogens with zero attached hydrogens (tertiary/aromatic N) is 3. The Labute approximate surface area is 149 Å². The number of H-pyrrole nitrogens is 1. The molecule has 1 aromatic carbocycles. The Morgan fingerprint density at radius 1 is 1.44 bits per heavy atom. The Balaban J connectivity index is 1.68. The molecule has 2 N–H and O–H groups in total. The van der Waals surface area contributed by atoms with Crippen LogP contribution in [0.4, 0.5) is 5.69 Å². The van der Waals surface area contributed by atoms with Gasteiger partial charge < -0.3 is 4.98 Å². The van der Waals surface area contributed by atoms with Crippen LogP contribution in [-0.2, 0) is 16.6 Å². The van der Waals surface area contributed by atoms with Gasteiger partial charge in [-0.05, 0) is 30.9 Å². The SMILES string of the molecule is N#Cc1c[nH]c2c(NS(=O)(=O)c3cnn(CC4CC4)c3)ccc(Cl)c12. The fourth-order valence-electron chi connectivity index (χ4n) is 2.73. The molecule has 0 radical (unpaired) electrons. The number of anilines is 1. The Bertz CT molecular complexity index is 1110. The minimum Gasteiger partial charge on any atom is -0.358 e. The van der Waals surface area contributed by atoms with Crippen molar-refractivity contribution in [2.75, 3.05) is 4.72 Å². The molecular formula is C16H14ClN5O2S. The second kappa shape index (κ2) is 5.79. The van der Waals surface area contributed by atoms with Gasteiger partial charge in [0.25, 0.3) is 10.0 Å². The highest BCUT2D eigenvalue weighted by Gasteiger charge is 2.24. The molecule has 0 atom stereocenters. The van der Waals surface area contributed by atoms with Crippen molar-refractivity contribution in [2.24, 2.45) is 5.92 Å². The Kier molecular flexibility index (Phi) is 3.71. The van der Waals surface area contributed by atoms with Crippen LogP contribution in [0, 0.1) is 17.2 Å². The van der Waals surface area contributed by atoms with Crippen LogP contribution in [0.3, 0.4) is 0 Å². The number of sulfonamides is 1. The minimum absolute atomic E-state index is 0.100. The molecule has 0 unspecified atom stereocenters. The molecule has 1 aliphatic carbocycles. The molecule has 1 fully saturated rings. The first-order valence-electron chi connectivity index (χ1n) is 7.73. The van der Waals surface area contributed by atoms with Crippen LogP contribution in [0.2, 0.25) is 5.02 Å². The Hall–Kier alpha value is -2.50. The normalized spacial score (nSPS) is 14.6. The summed E-state index contributed by atoms with van der Waals surface area (Å²) in [6.07, 6.45) is 6.70. The fraction of sp³-hybridized carbons (Fsp3) is 0.250. The highest BCUT2D eigenvalue weighted by atomic mass is 35.5. The lowest BCUT2D eigenvalue weighted by Gasteiger charge is -2.08. The molecule has 4 rings (SSSR count). The number of fused-ring (bicyclic) bond motifs is 1. The predicted octanol–water partition coefficient (Wildman–Crippen LogP) is 3.10. The smallest absolute Gasteiger partial charge is 0.265 e. The average molecular weight is 376 g/mol. The number of aromatic amines is 1. The maximum atomic E-state index is 12.6. The van der Waals surface area contributed by atoms with Crippen LogP contribution < -0.4 is 4.72 Å². The van der Waals surface area contributed by atoms with Crippen molar-refractivity contribution >= 4 is 38.2 Å². The summed E-state index contributed by atoms with van der Waals surface area (Å²) in [5.74, 6) is 0.600. The van der Waals surface area contributed by atoms with Crippen molar-refractivity contribution in [3.05, 3.63) is 41.3 Å².